The maximum absolute atomic E-state index is 12.0. The number of hydrazone groups is 1. The number of non-ortho nitro benzene ring substituents is 1. The first-order valence-corrected chi connectivity index (χ1v) is 8.14. The normalized spacial score (nSPS) is 12.1. The van der Waals surface area contributed by atoms with Crippen LogP contribution in [0.25, 0.3) is 0 Å². The van der Waals surface area contributed by atoms with Crippen LogP contribution in [0.1, 0.15) is 18.1 Å². The van der Waals surface area contributed by atoms with Crippen molar-refractivity contribution in [3.05, 3.63) is 69.8 Å². The summed E-state index contributed by atoms with van der Waals surface area (Å²) in [4.78, 5) is 23.3. The predicted octanol–water partition coefficient (Wildman–Crippen LogP) is 3.53. The molecule has 1 atom stereocenters. The molecule has 0 heterocycles. The van der Waals surface area contributed by atoms with E-state index in [9.17, 15) is 14.9 Å². The van der Waals surface area contributed by atoms with Crippen LogP contribution in [0.15, 0.2) is 58.5 Å². The Bertz CT molecular complexity index is 760. The minimum absolute atomic E-state index is 0.0198. The summed E-state index contributed by atoms with van der Waals surface area (Å²) in [7, 11) is 0. The van der Waals surface area contributed by atoms with E-state index in [0.717, 1.165) is 10.5 Å². The monoisotopic (exact) mass is 343 g/mol. The lowest BCUT2D eigenvalue weighted by Crippen LogP contribution is -2.26. The van der Waals surface area contributed by atoms with Crippen LogP contribution >= 0.6 is 11.8 Å². The van der Waals surface area contributed by atoms with Crippen LogP contribution in [0.3, 0.4) is 0 Å². The SMILES string of the molecule is Cc1ccc(S[C@H](C)C(=O)N/N=C\c2cccc([N+](=O)[O-])c2)cc1. The molecule has 0 spiro atoms. The third-order valence-electron chi connectivity index (χ3n) is 3.17. The van der Waals surface area contributed by atoms with E-state index >= 15 is 0 Å². The fourth-order valence-electron chi connectivity index (χ4n) is 1.85. The number of aryl methyl sites for hydroxylation is 1. The third-order valence-corrected chi connectivity index (χ3v) is 4.28. The number of benzene rings is 2. The Hall–Kier alpha value is -2.67. The van der Waals surface area contributed by atoms with Crippen molar-refractivity contribution in [3.63, 3.8) is 0 Å². The number of hydrogen-bond donors (Lipinski definition) is 1. The average Bonchev–Trinajstić information content (AvgIpc) is 2.57. The van der Waals surface area contributed by atoms with Gasteiger partial charge in [-0.05, 0) is 26.0 Å². The second-order valence-electron chi connectivity index (χ2n) is 5.16. The highest BCUT2D eigenvalue weighted by atomic mass is 32.2. The van der Waals surface area contributed by atoms with Gasteiger partial charge >= 0.3 is 0 Å². The fraction of sp³-hybridized carbons (Fsp3) is 0.176. The van der Waals surface area contributed by atoms with E-state index in [0.29, 0.717) is 5.56 Å². The summed E-state index contributed by atoms with van der Waals surface area (Å²) in [6.45, 7) is 3.80. The molecule has 0 saturated heterocycles. The van der Waals surface area contributed by atoms with E-state index in [1.54, 1.807) is 19.1 Å². The van der Waals surface area contributed by atoms with Gasteiger partial charge in [0.25, 0.3) is 11.6 Å². The van der Waals surface area contributed by atoms with Gasteiger partial charge in [0, 0.05) is 22.6 Å². The maximum atomic E-state index is 12.0. The zero-order valence-electron chi connectivity index (χ0n) is 13.3. The molecule has 1 amide bonds. The highest BCUT2D eigenvalue weighted by molar-refractivity contribution is 8.00. The van der Waals surface area contributed by atoms with Gasteiger partial charge in [0.2, 0.25) is 0 Å². The Morgan fingerprint density at radius 3 is 2.67 bits per heavy atom. The summed E-state index contributed by atoms with van der Waals surface area (Å²) < 4.78 is 0. The molecule has 7 heteroatoms. The number of carbonyl (C=O) groups excluding carboxylic acids is 1. The molecular formula is C17H17N3O3S. The summed E-state index contributed by atoms with van der Waals surface area (Å²) in [5.74, 6) is -0.234. The minimum atomic E-state index is -0.476. The zero-order valence-corrected chi connectivity index (χ0v) is 14.1. The lowest BCUT2D eigenvalue weighted by atomic mass is 10.2. The molecule has 0 aromatic heterocycles. The number of nitrogens with zero attached hydrogens (tertiary/aromatic N) is 2. The molecule has 1 N–H and O–H groups in total. The van der Waals surface area contributed by atoms with Crippen LogP contribution in [-0.4, -0.2) is 22.3 Å². The van der Waals surface area contributed by atoms with Gasteiger partial charge < -0.3 is 0 Å². The number of nitrogens with one attached hydrogen (secondary N) is 1. The molecule has 2 rings (SSSR count). The fourth-order valence-corrected chi connectivity index (χ4v) is 2.72. The molecule has 124 valence electrons. The molecular weight excluding hydrogens is 326 g/mol. The van der Waals surface area contributed by atoms with Crippen molar-refractivity contribution in [1.29, 1.82) is 0 Å². The Kier molecular flexibility index (Phi) is 6.08. The van der Waals surface area contributed by atoms with Crippen LogP contribution in [0.2, 0.25) is 0 Å². The van der Waals surface area contributed by atoms with Gasteiger partial charge in [-0.25, -0.2) is 5.43 Å². The standard InChI is InChI=1S/C17H17N3O3S/c1-12-6-8-16(9-7-12)24-13(2)17(21)19-18-11-14-4-3-5-15(10-14)20(22)23/h3-11,13H,1-2H3,(H,19,21)/b18-11-/t13-/m1/s1. The molecule has 0 aliphatic heterocycles. The molecule has 6 nitrogen and oxygen atoms in total. The Balaban J connectivity index is 1.90. The van der Waals surface area contributed by atoms with E-state index < -0.39 is 4.92 Å². The first-order chi connectivity index (χ1) is 11.5. The molecule has 2 aromatic rings. The van der Waals surface area contributed by atoms with Crippen LogP contribution in [0.5, 0.6) is 0 Å². The second kappa shape index (κ2) is 8.26. The molecule has 0 aliphatic rings. The highest BCUT2D eigenvalue weighted by Gasteiger charge is 2.13. The zero-order chi connectivity index (χ0) is 17.5. The molecule has 0 fully saturated rings. The van der Waals surface area contributed by atoms with Crippen molar-refractivity contribution < 1.29 is 9.72 Å². The van der Waals surface area contributed by atoms with Gasteiger partial charge in [-0.15, -0.1) is 11.8 Å². The van der Waals surface area contributed by atoms with Gasteiger partial charge in [-0.3, -0.25) is 14.9 Å². The number of nitro benzene ring substituents is 1. The highest BCUT2D eigenvalue weighted by Crippen LogP contribution is 2.23. The predicted molar refractivity (Wildman–Crippen MR) is 95.3 cm³/mol. The number of nitro groups is 1. The number of hydrogen-bond acceptors (Lipinski definition) is 5. The van der Waals surface area contributed by atoms with E-state index in [4.69, 9.17) is 0 Å². The summed E-state index contributed by atoms with van der Waals surface area (Å²) in [5.41, 5.74) is 4.14. The number of thioether (sulfide) groups is 1. The number of amides is 1. The Labute approximate surface area is 144 Å². The molecule has 0 aliphatic carbocycles. The Morgan fingerprint density at radius 2 is 2.00 bits per heavy atom. The molecule has 0 unspecified atom stereocenters. The number of rotatable bonds is 6. The van der Waals surface area contributed by atoms with E-state index in [1.165, 1.54) is 30.1 Å². The number of carbonyl (C=O) groups is 1. The maximum Gasteiger partial charge on any atom is 0.270 e. The van der Waals surface area contributed by atoms with Crippen molar-refractivity contribution in [2.24, 2.45) is 5.10 Å². The lowest BCUT2D eigenvalue weighted by Gasteiger charge is -2.09. The van der Waals surface area contributed by atoms with Crippen molar-refractivity contribution in [2.45, 2.75) is 24.0 Å². The van der Waals surface area contributed by atoms with Crippen molar-refractivity contribution in [2.75, 3.05) is 0 Å². The van der Waals surface area contributed by atoms with E-state index in [-0.39, 0.29) is 16.8 Å². The third kappa shape index (κ3) is 5.20. The minimum Gasteiger partial charge on any atom is -0.272 e. The van der Waals surface area contributed by atoms with E-state index in [1.807, 2.05) is 31.2 Å². The molecule has 0 bridgehead atoms. The molecule has 2 aromatic carbocycles. The lowest BCUT2D eigenvalue weighted by molar-refractivity contribution is -0.384. The van der Waals surface area contributed by atoms with Gasteiger partial charge in [0.05, 0.1) is 16.4 Å². The second-order valence-corrected chi connectivity index (χ2v) is 6.57. The van der Waals surface area contributed by atoms with Crippen LogP contribution in [0, 0.1) is 17.0 Å². The topological polar surface area (TPSA) is 84.6 Å². The van der Waals surface area contributed by atoms with Gasteiger partial charge in [-0.2, -0.15) is 5.10 Å². The van der Waals surface area contributed by atoms with Crippen LogP contribution in [0.4, 0.5) is 5.69 Å². The van der Waals surface area contributed by atoms with Crippen molar-refractivity contribution in [1.82, 2.24) is 5.43 Å². The molecule has 0 radical (unpaired) electrons. The summed E-state index contributed by atoms with van der Waals surface area (Å²) in [6.07, 6.45) is 1.38. The van der Waals surface area contributed by atoms with Crippen molar-refractivity contribution >= 4 is 29.6 Å². The van der Waals surface area contributed by atoms with Crippen LogP contribution < -0.4 is 5.43 Å². The van der Waals surface area contributed by atoms with Gasteiger partial charge in [0.15, 0.2) is 0 Å². The quantitative estimate of drug-likeness (QED) is 0.376. The molecule has 24 heavy (non-hydrogen) atoms. The van der Waals surface area contributed by atoms with Crippen LogP contribution in [-0.2, 0) is 4.79 Å². The smallest absolute Gasteiger partial charge is 0.270 e. The first-order valence-electron chi connectivity index (χ1n) is 7.26. The largest absolute Gasteiger partial charge is 0.272 e. The van der Waals surface area contributed by atoms with Crippen molar-refractivity contribution in [3.8, 4) is 0 Å². The Morgan fingerprint density at radius 1 is 1.29 bits per heavy atom. The van der Waals surface area contributed by atoms with Gasteiger partial charge in [-0.1, -0.05) is 29.8 Å². The van der Waals surface area contributed by atoms with Gasteiger partial charge in [0.1, 0.15) is 0 Å². The summed E-state index contributed by atoms with van der Waals surface area (Å²) in [5, 5.41) is 14.3. The first kappa shape index (κ1) is 17.7. The summed E-state index contributed by atoms with van der Waals surface area (Å²) >= 11 is 1.44. The van der Waals surface area contributed by atoms with E-state index in [2.05, 4.69) is 10.5 Å². The summed E-state index contributed by atoms with van der Waals surface area (Å²) in [6, 6.07) is 14.0. The average molecular weight is 343 g/mol. The molecule has 0 saturated carbocycles.